The van der Waals surface area contributed by atoms with Crippen molar-refractivity contribution in [3.05, 3.63) is 24.4 Å². The molecule has 2 fully saturated rings. The zero-order valence-corrected chi connectivity index (χ0v) is 14.7. The Morgan fingerprint density at radius 1 is 1.25 bits per heavy atom. The van der Waals surface area contributed by atoms with Gasteiger partial charge in [-0.25, -0.2) is 9.78 Å². The van der Waals surface area contributed by atoms with Crippen LogP contribution in [0.5, 0.6) is 0 Å². The highest BCUT2D eigenvalue weighted by molar-refractivity contribution is 5.74. The van der Waals surface area contributed by atoms with Gasteiger partial charge in [0, 0.05) is 58.6 Å². The molecule has 0 spiro atoms. The molecular weight excluding hydrogens is 302 g/mol. The van der Waals surface area contributed by atoms with Gasteiger partial charge in [-0.05, 0) is 37.8 Å². The molecule has 2 saturated heterocycles. The summed E-state index contributed by atoms with van der Waals surface area (Å²) in [5.74, 6) is 1.68. The lowest BCUT2D eigenvalue weighted by Gasteiger charge is -2.39. The minimum Gasteiger partial charge on any atom is -0.354 e. The Bertz CT molecular complexity index is 515. The molecule has 2 aliphatic rings. The third-order valence-corrected chi connectivity index (χ3v) is 5.00. The van der Waals surface area contributed by atoms with Gasteiger partial charge in [-0.2, -0.15) is 0 Å². The summed E-state index contributed by atoms with van der Waals surface area (Å²) in [6.07, 6.45) is 4.21. The predicted molar refractivity (Wildman–Crippen MR) is 96.3 cm³/mol. The van der Waals surface area contributed by atoms with Crippen LogP contribution >= 0.6 is 0 Å². The van der Waals surface area contributed by atoms with E-state index < -0.39 is 0 Å². The monoisotopic (exact) mass is 331 g/mol. The van der Waals surface area contributed by atoms with Gasteiger partial charge in [-0.15, -0.1) is 0 Å². The lowest BCUT2D eigenvalue weighted by Crippen LogP contribution is -2.51. The maximum Gasteiger partial charge on any atom is 0.317 e. The van der Waals surface area contributed by atoms with E-state index in [1.165, 1.54) is 6.42 Å². The molecule has 24 heavy (non-hydrogen) atoms. The van der Waals surface area contributed by atoms with Crippen molar-refractivity contribution < 1.29 is 4.79 Å². The topological polar surface area (TPSA) is 51.7 Å². The van der Waals surface area contributed by atoms with Crippen molar-refractivity contribution in [2.75, 3.05) is 57.3 Å². The number of piperidine rings is 1. The molecule has 1 atom stereocenters. The fraction of sp³-hybridized carbons (Fsp3) is 0.667. The van der Waals surface area contributed by atoms with E-state index in [9.17, 15) is 4.79 Å². The number of anilines is 1. The molecule has 3 rings (SSSR count). The second kappa shape index (κ2) is 8.33. The van der Waals surface area contributed by atoms with Crippen LogP contribution in [0.15, 0.2) is 24.4 Å². The number of aromatic nitrogens is 1. The number of nitrogens with zero attached hydrogens (tertiary/aromatic N) is 4. The Morgan fingerprint density at radius 2 is 2.08 bits per heavy atom. The largest absolute Gasteiger partial charge is 0.354 e. The van der Waals surface area contributed by atoms with E-state index in [0.717, 1.165) is 58.1 Å². The first kappa shape index (κ1) is 17.0. The second-order valence-electron chi connectivity index (χ2n) is 6.77. The summed E-state index contributed by atoms with van der Waals surface area (Å²) in [6.45, 7) is 9.79. The predicted octanol–water partition coefficient (Wildman–Crippen LogP) is 1.65. The quantitative estimate of drug-likeness (QED) is 0.911. The summed E-state index contributed by atoms with van der Waals surface area (Å²) in [7, 11) is 0. The maximum absolute atomic E-state index is 12.0. The summed E-state index contributed by atoms with van der Waals surface area (Å²) in [6, 6.07) is 6.19. The number of amides is 2. The third-order valence-electron chi connectivity index (χ3n) is 5.00. The smallest absolute Gasteiger partial charge is 0.317 e. The molecule has 0 saturated carbocycles. The number of hydrogen-bond acceptors (Lipinski definition) is 4. The Labute approximate surface area is 144 Å². The lowest BCUT2D eigenvalue weighted by atomic mass is 9.97. The first-order chi connectivity index (χ1) is 11.8. The molecule has 0 aliphatic carbocycles. The zero-order valence-electron chi connectivity index (χ0n) is 14.7. The summed E-state index contributed by atoms with van der Waals surface area (Å²) >= 11 is 0. The summed E-state index contributed by atoms with van der Waals surface area (Å²) in [5, 5.41) is 2.92. The van der Waals surface area contributed by atoms with Gasteiger partial charge in [-0.3, -0.25) is 4.90 Å². The van der Waals surface area contributed by atoms with Crippen LogP contribution in [0.25, 0.3) is 0 Å². The first-order valence-corrected chi connectivity index (χ1v) is 9.17. The molecule has 1 N–H and O–H groups in total. The molecule has 1 aromatic rings. The van der Waals surface area contributed by atoms with E-state index in [2.05, 4.69) is 26.2 Å². The number of nitrogens with one attached hydrogen (secondary N) is 1. The van der Waals surface area contributed by atoms with Gasteiger partial charge in [0.05, 0.1) is 0 Å². The van der Waals surface area contributed by atoms with Crippen molar-refractivity contribution in [3.8, 4) is 0 Å². The summed E-state index contributed by atoms with van der Waals surface area (Å²) < 4.78 is 0. The highest BCUT2D eigenvalue weighted by Crippen LogP contribution is 2.19. The summed E-state index contributed by atoms with van der Waals surface area (Å²) in [5.41, 5.74) is 0. The van der Waals surface area contributed by atoms with Crippen molar-refractivity contribution in [1.82, 2.24) is 20.1 Å². The average molecular weight is 331 g/mol. The van der Waals surface area contributed by atoms with Gasteiger partial charge >= 0.3 is 6.03 Å². The van der Waals surface area contributed by atoms with Crippen LogP contribution in [0.1, 0.15) is 19.8 Å². The molecule has 132 valence electrons. The van der Waals surface area contributed by atoms with E-state index in [0.29, 0.717) is 12.5 Å². The number of rotatable bonds is 4. The Morgan fingerprint density at radius 3 is 2.79 bits per heavy atom. The van der Waals surface area contributed by atoms with Crippen LogP contribution in [0.4, 0.5) is 10.6 Å². The molecule has 0 aromatic carbocycles. The number of carbonyl (C=O) groups is 1. The Balaban J connectivity index is 1.45. The number of pyridine rings is 1. The molecule has 0 bridgehead atoms. The van der Waals surface area contributed by atoms with Crippen LogP contribution in [0, 0.1) is 5.92 Å². The number of piperazine rings is 1. The average Bonchev–Trinajstić information content (AvgIpc) is 2.63. The molecule has 2 amide bonds. The number of carbonyl (C=O) groups excluding carboxylic acids is 1. The van der Waals surface area contributed by atoms with Gasteiger partial charge in [0.1, 0.15) is 5.82 Å². The zero-order chi connectivity index (χ0) is 16.8. The van der Waals surface area contributed by atoms with Crippen LogP contribution in [-0.2, 0) is 0 Å². The minimum atomic E-state index is 0.0992. The first-order valence-electron chi connectivity index (χ1n) is 9.17. The van der Waals surface area contributed by atoms with Crippen LogP contribution in [-0.4, -0.2) is 73.2 Å². The van der Waals surface area contributed by atoms with Crippen LogP contribution < -0.4 is 10.2 Å². The van der Waals surface area contributed by atoms with E-state index in [1.807, 2.05) is 30.2 Å². The van der Waals surface area contributed by atoms with E-state index in [4.69, 9.17) is 0 Å². The molecule has 6 nitrogen and oxygen atoms in total. The number of likely N-dealkylation sites (tertiary alicyclic amines) is 1. The van der Waals surface area contributed by atoms with Crippen molar-refractivity contribution in [1.29, 1.82) is 0 Å². The van der Waals surface area contributed by atoms with Gasteiger partial charge in [0.25, 0.3) is 0 Å². The van der Waals surface area contributed by atoms with Gasteiger partial charge < -0.3 is 15.1 Å². The Hall–Kier alpha value is -1.82. The summed E-state index contributed by atoms with van der Waals surface area (Å²) in [4.78, 5) is 23.4. The molecular formula is C18H29N5O. The standard InChI is InChI=1S/C18H29N5O/c1-2-19-18(24)23-9-5-6-16(15-23)14-21-10-12-22(13-11-21)17-7-3-4-8-20-17/h3-4,7-8,16H,2,5-6,9-15H2,1H3,(H,19,24). The van der Waals surface area contributed by atoms with E-state index >= 15 is 0 Å². The fourth-order valence-electron chi connectivity index (χ4n) is 3.73. The Kier molecular flexibility index (Phi) is 5.91. The third kappa shape index (κ3) is 4.38. The highest BCUT2D eigenvalue weighted by Gasteiger charge is 2.26. The van der Waals surface area contributed by atoms with Crippen molar-refractivity contribution in [2.45, 2.75) is 19.8 Å². The lowest BCUT2D eigenvalue weighted by molar-refractivity contribution is 0.136. The van der Waals surface area contributed by atoms with E-state index in [1.54, 1.807) is 0 Å². The molecule has 2 aliphatic heterocycles. The van der Waals surface area contributed by atoms with Gasteiger partial charge in [0.15, 0.2) is 0 Å². The normalized spacial score (nSPS) is 22.5. The number of hydrogen-bond donors (Lipinski definition) is 1. The molecule has 6 heteroatoms. The van der Waals surface area contributed by atoms with Crippen molar-refractivity contribution in [3.63, 3.8) is 0 Å². The molecule has 1 unspecified atom stereocenters. The molecule has 3 heterocycles. The van der Waals surface area contributed by atoms with Crippen LogP contribution in [0.2, 0.25) is 0 Å². The van der Waals surface area contributed by atoms with E-state index in [-0.39, 0.29) is 6.03 Å². The molecule has 0 radical (unpaired) electrons. The van der Waals surface area contributed by atoms with Gasteiger partial charge in [-0.1, -0.05) is 6.07 Å². The highest BCUT2D eigenvalue weighted by atomic mass is 16.2. The molecule has 1 aromatic heterocycles. The van der Waals surface area contributed by atoms with Crippen molar-refractivity contribution >= 4 is 11.8 Å². The van der Waals surface area contributed by atoms with Gasteiger partial charge in [0.2, 0.25) is 0 Å². The fourth-order valence-corrected chi connectivity index (χ4v) is 3.73. The number of urea groups is 1. The van der Waals surface area contributed by atoms with Crippen molar-refractivity contribution in [2.24, 2.45) is 5.92 Å². The second-order valence-corrected chi connectivity index (χ2v) is 6.77. The maximum atomic E-state index is 12.0. The minimum absolute atomic E-state index is 0.0992. The van der Waals surface area contributed by atoms with Crippen LogP contribution in [0.3, 0.4) is 0 Å². The SMILES string of the molecule is CCNC(=O)N1CCCC(CN2CCN(c3ccccn3)CC2)C1.